The Morgan fingerprint density at radius 2 is 1.78 bits per heavy atom. The highest BCUT2D eigenvalue weighted by Crippen LogP contribution is 2.26. The molecule has 0 aliphatic heterocycles. The van der Waals surface area contributed by atoms with Crippen molar-refractivity contribution in [2.45, 2.75) is 13.8 Å². The molecule has 27 heavy (non-hydrogen) atoms. The fourth-order valence-electron chi connectivity index (χ4n) is 2.87. The lowest BCUT2D eigenvalue weighted by Gasteiger charge is -2.10. The third kappa shape index (κ3) is 4.15. The van der Waals surface area contributed by atoms with Crippen LogP contribution in [-0.4, -0.2) is 21.8 Å². The molecule has 0 saturated heterocycles. The Hall–Kier alpha value is -2.76. The molecule has 0 atom stereocenters. The number of nitrogens with one attached hydrogen (secondary N) is 1. The maximum Gasteiger partial charge on any atom is 0.275 e. The zero-order valence-electron chi connectivity index (χ0n) is 14.7. The first-order valence-corrected chi connectivity index (χ1v) is 8.89. The van der Waals surface area contributed by atoms with Gasteiger partial charge in [0, 0.05) is 32.7 Å². The molecule has 0 aliphatic rings. The summed E-state index contributed by atoms with van der Waals surface area (Å²) in [7, 11) is 0. The third-order valence-corrected chi connectivity index (χ3v) is 4.53. The number of rotatable bonds is 4. The second-order valence-corrected chi connectivity index (χ2v) is 6.88. The summed E-state index contributed by atoms with van der Waals surface area (Å²) in [5.74, 6) is -0.582. The van der Waals surface area contributed by atoms with Crippen LogP contribution in [-0.2, 0) is 0 Å². The second-order valence-electron chi connectivity index (χ2n) is 6.01. The van der Waals surface area contributed by atoms with Crippen LogP contribution in [0.2, 0.25) is 10.0 Å². The van der Waals surface area contributed by atoms with Gasteiger partial charge < -0.3 is 9.67 Å². The Labute approximate surface area is 166 Å². The molecule has 2 N–H and O–H groups in total. The first-order valence-electron chi connectivity index (χ1n) is 8.13. The topological polar surface area (TPSA) is 66.6 Å². The van der Waals surface area contributed by atoms with Crippen LogP contribution >= 0.6 is 23.2 Å². The molecule has 0 saturated carbocycles. The zero-order chi connectivity index (χ0) is 19.6. The highest BCUT2D eigenvalue weighted by molar-refractivity contribution is 6.34. The first-order chi connectivity index (χ1) is 12.9. The minimum atomic E-state index is -0.486. The molecule has 0 aliphatic carbocycles. The number of benzene rings is 2. The van der Waals surface area contributed by atoms with Gasteiger partial charge in [0.2, 0.25) is 0 Å². The van der Waals surface area contributed by atoms with Gasteiger partial charge in [-0.3, -0.25) is 4.79 Å². The summed E-state index contributed by atoms with van der Waals surface area (Å²) in [4.78, 5) is 12.1. The number of aromatic nitrogens is 1. The standard InChI is InChI=1S/C20H17Cl2N3O2/c1-12-7-14(11-23-24-20(27)18-5-3-4-6-19(18)26)13(2)25(12)17-9-15(21)8-16(22)10-17/h3-11,26H,1-2H3,(H,24,27)/b23-11+. The van der Waals surface area contributed by atoms with Crippen molar-refractivity contribution in [3.05, 3.63) is 81.1 Å². The first kappa shape index (κ1) is 19.0. The van der Waals surface area contributed by atoms with E-state index in [2.05, 4.69) is 10.5 Å². The summed E-state index contributed by atoms with van der Waals surface area (Å²) in [6, 6.07) is 13.6. The number of phenols is 1. The van der Waals surface area contributed by atoms with Crippen LogP contribution in [0, 0.1) is 13.8 Å². The van der Waals surface area contributed by atoms with E-state index in [9.17, 15) is 9.90 Å². The van der Waals surface area contributed by atoms with Crippen molar-refractivity contribution in [3.8, 4) is 11.4 Å². The largest absolute Gasteiger partial charge is 0.507 e. The van der Waals surface area contributed by atoms with E-state index in [4.69, 9.17) is 23.2 Å². The number of carbonyl (C=O) groups is 1. The van der Waals surface area contributed by atoms with E-state index in [1.807, 2.05) is 36.6 Å². The van der Waals surface area contributed by atoms with Gasteiger partial charge >= 0.3 is 0 Å². The van der Waals surface area contributed by atoms with E-state index >= 15 is 0 Å². The summed E-state index contributed by atoms with van der Waals surface area (Å²) < 4.78 is 2.00. The van der Waals surface area contributed by atoms with Crippen molar-refractivity contribution in [2.24, 2.45) is 5.10 Å². The fraction of sp³-hybridized carbons (Fsp3) is 0.100. The van der Waals surface area contributed by atoms with E-state index in [1.54, 1.807) is 24.4 Å². The Bertz CT molecular complexity index is 1020. The molecular weight excluding hydrogens is 385 g/mol. The normalized spacial score (nSPS) is 11.1. The molecule has 0 spiro atoms. The number of hydrogen-bond donors (Lipinski definition) is 2. The number of halogens is 2. The van der Waals surface area contributed by atoms with Crippen molar-refractivity contribution in [1.29, 1.82) is 0 Å². The maximum absolute atomic E-state index is 12.1. The van der Waals surface area contributed by atoms with Gasteiger partial charge in [0.05, 0.1) is 11.8 Å². The molecule has 1 aromatic heterocycles. The molecule has 5 nitrogen and oxygen atoms in total. The average Bonchev–Trinajstić information content (AvgIpc) is 2.88. The van der Waals surface area contributed by atoms with Gasteiger partial charge in [-0.1, -0.05) is 35.3 Å². The smallest absolute Gasteiger partial charge is 0.275 e. The number of hydrogen-bond acceptors (Lipinski definition) is 3. The molecule has 0 unspecified atom stereocenters. The van der Waals surface area contributed by atoms with Crippen molar-refractivity contribution in [2.75, 3.05) is 0 Å². The molecule has 3 aromatic rings. The van der Waals surface area contributed by atoms with Crippen LogP contribution in [0.4, 0.5) is 0 Å². The molecular formula is C20H17Cl2N3O2. The molecule has 0 bridgehead atoms. The van der Waals surface area contributed by atoms with Crippen molar-refractivity contribution in [1.82, 2.24) is 9.99 Å². The summed E-state index contributed by atoms with van der Waals surface area (Å²) in [5, 5.41) is 14.8. The maximum atomic E-state index is 12.1. The van der Waals surface area contributed by atoms with Gasteiger partial charge in [0.15, 0.2) is 0 Å². The van der Waals surface area contributed by atoms with Gasteiger partial charge in [-0.15, -0.1) is 0 Å². The zero-order valence-corrected chi connectivity index (χ0v) is 16.2. The number of amides is 1. The van der Waals surface area contributed by atoms with Crippen LogP contribution in [0.5, 0.6) is 5.75 Å². The second kappa shape index (κ2) is 7.86. The quantitative estimate of drug-likeness (QED) is 0.483. The van der Waals surface area contributed by atoms with E-state index in [0.29, 0.717) is 10.0 Å². The Balaban J connectivity index is 1.83. The Morgan fingerprint density at radius 1 is 1.11 bits per heavy atom. The van der Waals surface area contributed by atoms with Gasteiger partial charge in [-0.25, -0.2) is 5.43 Å². The fourth-order valence-corrected chi connectivity index (χ4v) is 3.38. The van der Waals surface area contributed by atoms with Crippen molar-refractivity contribution >= 4 is 35.3 Å². The van der Waals surface area contributed by atoms with Crippen LogP contribution < -0.4 is 5.43 Å². The monoisotopic (exact) mass is 401 g/mol. The number of carbonyl (C=O) groups excluding carboxylic acids is 1. The number of aryl methyl sites for hydroxylation is 1. The molecule has 138 valence electrons. The summed E-state index contributed by atoms with van der Waals surface area (Å²) in [6.07, 6.45) is 1.56. The van der Waals surface area contributed by atoms with E-state index in [-0.39, 0.29) is 11.3 Å². The average molecular weight is 402 g/mol. The van der Waals surface area contributed by atoms with Crippen LogP contribution in [0.25, 0.3) is 5.69 Å². The van der Waals surface area contributed by atoms with Crippen LogP contribution in [0.1, 0.15) is 27.3 Å². The summed E-state index contributed by atoms with van der Waals surface area (Å²) in [6.45, 7) is 3.90. The number of phenolic OH excluding ortho intramolecular Hbond substituents is 1. The van der Waals surface area contributed by atoms with E-state index in [0.717, 1.165) is 22.6 Å². The van der Waals surface area contributed by atoms with Gasteiger partial charge in [-0.05, 0) is 50.2 Å². The SMILES string of the molecule is Cc1cc(/C=N/NC(=O)c2ccccc2O)c(C)n1-c1cc(Cl)cc(Cl)c1. The number of para-hydroxylation sites is 1. The minimum Gasteiger partial charge on any atom is -0.507 e. The summed E-state index contributed by atoms with van der Waals surface area (Å²) in [5.41, 5.74) is 6.16. The lowest BCUT2D eigenvalue weighted by Crippen LogP contribution is -2.17. The molecule has 2 aromatic carbocycles. The minimum absolute atomic E-state index is 0.0961. The lowest BCUT2D eigenvalue weighted by molar-refractivity contribution is 0.0952. The van der Waals surface area contributed by atoms with Gasteiger partial charge in [-0.2, -0.15) is 5.10 Å². The van der Waals surface area contributed by atoms with Crippen molar-refractivity contribution < 1.29 is 9.90 Å². The molecule has 1 heterocycles. The highest BCUT2D eigenvalue weighted by atomic mass is 35.5. The predicted molar refractivity (Wildman–Crippen MR) is 108 cm³/mol. The molecule has 0 radical (unpaired) electrons. The van der Waals surface area contributed by atoms with Crippen molar-refractivity contribution in [3.63, 3.8) is 0 Å². The predicted octanol–water partition coefficient (Wildman–Crippen LogP) is 4.87. The highest BCUT2D eigenvalue weighted by Gasteiger charge is 2.12. The van der Waals surface area contributed by atoms with Gasteiger partial charge in [0.1, 0.15) is 5.75 Å². The Kier molecular flexibility index (Phi) is 5.54. The Morgan fingerprint density at radius 3 is 2.44 bits per heavy atom. The molecule has 7 heteroatoms. The number of aromatic hydroxyl groups is 1. The number of nitrogens with zero attached hydrogens (tertiary/aromatic N) is 2. The van der Waals surface area contributed by atoms with Crippen LogP contribution in [0.15, 0.2) is 53.6 Å². The lowest BCUT2D eigenvalue weighted by atomic mass is 10.2. The number of hydrazone groups is 1. The van der Waals surface area contributed by atoms with E-state index < -0.39 is 5.91 Å². The molecule has 0 fully saturated rings. The van der Waals surface area contributed by atoms with Gasteiger partial charge in [0.25, 0.3) is 5.91 Å². The van der Waals surface area contributed by atoms with Crippen LogP contribution in [0.3, 0.4) is 0 Å². The third-order valence-electron chi connectivity index (χ3n) is 4.09. The van der Waals surface area contributed by atoms with E-state index in [1.165, 1.54) is 12.1 Å². The molecule has 3 rings (SSSR count). The summed E-state index contributed by atoms with van der Waals surface area (Å²) >= 11 is 12.2. The molecule has 1 amide bonds.